The Bertz CT molecular complexity index is 658. The first kappa shape index (κ1) is 10.6. The van der Waals surface area contributed by atoms with Crippen molar-refractivity contribution in [3.63, 3.8) is 0 Å². The van der Waals surface area contributed by atoms with Crippen LogP contribution in [0.15, 0.2) is 35.0 Å². The van der Waals surface area contributed by atoms with E-state index in [1.54, 1.807) is 30.6 Å². The summed E-state index contributed by atoms with van der Waals surface area (Å²) in [5.74, 6) is 0.830. The minimum absolute atomic E-state index is 0.00888. The maximum atomic E-state index is 5.69. The molecule has 0 amide bonds. The number of aromatic nitrogens is 3. The number of fused-ring (bicyclic) bond motifs is 1. The number of benzene rings is 1. The SMILES string of the molecule is CC(Nc1nc2cc(N)ccc2o1)c1ncc[nH]1. The van der Waals surface area contributed by atoms with E-state index in [1.165, 1.54) is 0 Å². The minimum atomic E-state index is -0.00888. The number of nitrogens with one attached hydrogen (secondary N) is 2. The molecule has 2 aromatic heterocycles. The minimum Gasteiger partial charge on any atom is -0.424 e. The fourth-order valence-electron chi connectivity index (χ4n) is 1.77. The van der Waals surface area contributed by atoms with Gasteiger partial charge in [0, 0.05) is 18.1 Å². The third-order valence-electron chi connectivity index (χ3n) is 2.68. The number of nitrogens with two attached hydrogens (primary N) is 1. The summed E-state index contributed by atoms with van der Waals surface area (Å²) in [6, 6.07) is 5.82. The van der Waals surface area contributed by atoms with Gasteiger partial charge in [0.1, 0.15) is 11.3 Å². The molecule has 0 saturated carbocycles. The van der Waals surface area contributed by atoms with Crippen LogP contribution in [0.25, 0.3) is 11.1 Å². The quantitative estimate of drug-likeness (QED) is 0.614. The zero-order valence-electron chi connectivity index (χ0n) is 9.84. The molecule has 0 spiro atoms. The van der Waals surface area contributed by atoms with E-state index in [4.69, 9.17) is 10.2 Å². The maximum Gasteiger partial charge on any atom is 0.296 e. The van der Waals surface area contributed by atoms with Crippen LogP contribution >= 0.6 is 0 Å². The number of H-pyrrole nitrogens is 1. The first-order valence-corrected chi connectivity index (χ1v) is 5.64. The van der Waals surface area contributed by atoms with Crippen molar-refractivity contribution in [1.29, 1.82) is 0 Å². The van der Waals surface area contributed by atoms with Crippen LogP contribution in [-0.4, -0.2) is 15.0 Å². The smallest absolute Gasteiger partial charge is 0.296 e. The molecule has 0 aliphatic carbocycles. The summed E-state index contributed by atoms with van der Waals surface area (Å²) in [5, 5.41) is 3.14. The molecular formula is C12H13N5O. The lowest BCUT2D eigenvalue weighted by Crippen LogP contribution is -2.08. The van der Waals surface area contributed by atoms with Gasteiger partial charge in [0.2, 0.25) is 0 Å². The molecule has 0 fully saturated rings. The lowest BCUT2D eigenvalue weighted by molar-refractivity contribution is 0.600. The Morgan fingerprint density at radius 2 is 2.33 bits per heavy atom. The van der Waals surface area contributed by atoms with E-state index in [1.807, 2.05) is 6.92 Å². The molecule has 0 radical (unpaired) electrons. The number of nitrogen functional groups attached to an aromatic ring is 1. The average Bonchev–Trinajstić information content (AvgIpc) is 2.95. The Labute approximate surface area is 103 Å². The third-order valence-corrected chi connectivity index (χ3v) is 2.68. The van der Waals surface area contributed by atoms with Gasteiger partial charge >= 0.3 is 0 Å². The fraction of sp³-hybridized carbons (Fsp3) is 0.167. The molecular weight excluding hydrogens is 230 g/mol. The van der Waals surface area contributed by atoms with Crippen molar-refractivity contribution in [2.24, 2.45) is 0 Å². The highest BCUT2D eigenvalue weighted by atomic mass is 16.4. The lowest BCUT2D eigenvalue weighted by Gasteiger charge is -2.08. The van der Waals surface area contributed by atoms with Gasteiger partial charge in [-0.25, -0.2) is 4.98 Å². The summed E-state index contributed by atoms with van der Waals surface area (Å²) < 4.78 is 5.57. The molecule has 6 heteroatoms. The second-order valence-corrected chi connectivity index (χ2v) is 4.09. The Hall–Kier alpha value is -2.50. The zero-order chi connectivity index (χ0) is 12.5. The van der Waals surface area contributed by atoms with Crippen LogP contribution in [0.2, 0.25) is 0 Å². The van der Waals surface area contributed by atoms with E-state index in [0.717, 1.165) is 11.3 Å². The molecule has 4 N–H and O–H groups in total. The van der Waals surface area contributed by atoms with E-state index in [0.29, 0.717) is 17.3 Å². The molecule has 3 aromatic rings. The van der Waals surface area contributed by atoms with Crippen LogP contribution in [0, 0.1) is 0 Å². The van der Waals surface area contributed by atoms with Crippen molar-refractivity contribution >= 4 is 22.8 Å². The van der Waals surface area contributed by atoms with Gasteiger partial charge < -0.3 is 20.5 Å². The number of imidazole rings is 1. The third kappa shape index (κ3) is 1.88. The highest BCUT2D eigenvalue weighted by molar-refractivity contribution is 5.78. The highest BCUT2D eigenvalue weighted by Gasteiger charge is 2.11. The van der Waals surface area contributed by atoms with E-state index in [9.17, 15) is 0 Å². The molecule has 0 saturated heterocycles. The summed E-state index contributed by atoms with van der Waals surface area (Å²) in [4.78, 5) is 11.5. The summed E-state index contributed by atoms with van der Waals surface area (Å²) in [7, 11) is 0. The average molecular weight is 243 g/mol. The molecule has 2 heterocycles. The molecule has 1 aromatic carbocycles. The van der Waals surface area contributed by atoms with Gasteiger partial charge in [0.25, 0.3) is 6.01 Å². The first-order valence-electron chi connectivity index (χ1n) is 5.64. The van der Waals surface area contributed by atoms with Gasteiger partial charge in [-0.2, -0.15) is 4.98 Å². The van der Waals surface area contributed by atoms with Crippen molar-refractivity contribution in [1.82, 2.24) is 15.0 Å². The van der Waals surface area contributed by atoms with Crippen molar-refractivity contribution in [2.45, 2.75) is 13.0 Å². The van der Waals surface area contributed by atoms with Gasteiger partial charge in [-0.15, -0.1) is 0 Å². The topological polar surface area (TPSA) is 92.8 Å². The van der Waals surface area contributed by atoms with E-state index in [2.05, 4.69) is 20.3 Å². The highest BCUT2D eigenvalue weighted by Crippen LogP contribution is 2.23. The Kier molecular flexibility index (Phi) is 2.40. The first-order chi connectivity index (χ1) is 8.72. The van der Waals surface area contributed by atoms with Crippen molar-refractivity contribution in [2.75, 3.05) is 11.1 Å². The van der Waals surface area contributed by atoms with Crippen molar-refractivity contribution < 1.29 is 4.42 Å². The number of nitrogens with zero attached hydrogens (tertiary/aromatic N) is 2. The Morgan fingerprint density at radius 1 is 1.44 bits per heavy atom. The summed E-state index contributed by atoms with van der Waals surface area (Å²) in [6.07, 6.45) is 3.49. The van der Waals surface area contributed by atoms with Crippen molar-refractivity contribution in [3.8, 4) is 0 Å². The Balaban J connectivity index is 1.86. The summed E-state index contributed by atoms with van der Waals surface area (Å²) in [5.41, 5.74) is 7.81. The molecule has 0 aliphatic heterocycles. The van der Waals surface area contributed by atoms with Crippen LogP contribution in [0.1, 0.15) is 18.8 Å². The monoisotopic (exact) mass is 243 g/mol. The number of hydrogen-bond acceptors (Lipinski definition) is 5. The standard InChI is InChI=1S/C12H13N5O/c1-7(11-14-4-5-15-11)16-12-17-9-6-8(13)2-3-10(9)18-12/h2-7H,13H2,1H3,(H,14,15)(H,16,17). The molecule has 0 aliphatic rings. The Morgan fingerprint density at radius 3 is 3.11 bits per heavy atom. The largest absolute Gasteiger partial charge is 0.424 e. The van der Waals surface area contributed by atoms with Crippen molar-refractivity contribution in [3.05, 3.63) is 36.4 Å². The van der Waals surface area contributed by atoms with Gasteiger partial charge in [-0.3, -0.25) is 0 Å². The van der Waals surface area contributed by atoms with Crippen LogP contribution in [0.5, 0.6) is 0 Å². The molecule has 92 valence electrons. The molecule has 6 nitrogen and oxygen atoms in total. The van der Waals surface area contributed by atoms with Gasteiger partial charge in [-0.1, -0.05) is 0 Å². The zero-order valence-corrected chi connectivity index (χ0v) is 9.84. The second-order valence-electron chi connectivity index (χ2n) is 4.09. The molecule has 1 atom stereocenters. The van der Waals surface area contributed by atoms with Crippen LogP contribution in [-0.2, 0) is 0 Å². The molecule has 0 bridgehead atoms. The number of rotatable bonds is 3. The number of hydrogen-bond donors (Lipinski definition) is 3. The van der Waals surface area contributed by atoms with Crippen LogP contribution < -0.4 is 11.1 Å². The second kappa shape index (κ2) is 4.06. The molecule has 3 rings (SSSR count). The van der Waals surface area contributed by atoms with Gasteiger partial charge in [0.05, 0.1) is 6.04 Å². The fourth-order valence-corrected chi connectivity index (χ4v) is 1.77. The van der Waals surface area contributed by atoms with Gasteiger partial charge in [-0.05, 0) is 25.1 Å². The molecule has 18 heavy (non-hydrogen) atoms. The number of oxazole rings is 1. The van der Waals surface area contributed by atoms with E-state index in [-0.39, 0.29) is 6.04 Å². The van der Waals surface area contributed by atoms with E-state index < -0.39 is 0 Å². The predicted molar refractivity (Wildman–Crippen MR) is 69.0 cm³/mol. The lowest BCUT2D eigenvalue weighted by atomic mass is 10.3. The maximum absolute atomic E-state index is 5.69. The predicted octanol–water partition coefficient (Wildman–Crippen LogP) is 2.31. The molecule has 1 unspecified atom stereocenters. The normalized spacial score (nSPS) is 12.7. The number of anilines is 2. The summed E-state index contributed by atoms with van der Waals surface area (Å²) in [6.45, 7) is 1.97. The number of aromatic amines is 1. The summed E-state index contributed by atoms with van der Waals surface area (Å²) >= 11 is 0. The van der Waals surface area contributed by atoms with E-state index >= 15 is 0 Å². The van der Waals surface area contributed by atoms with Crippen LogP contribution in [0.3, 0.4) is 0 Å². The van der Waals surface area contributed by atoms with Gasteiger partial charge in [0.15, 0.2) is 5.58 Å². The van der Waals surface area contributed by atoms with Crippen LogP contribution in [0.4, 0.5) is 11.7 Å².